The molecule has 112 valence electrons. The van der Waals surface area contributed by atoms with Crippen molar-refractivity contribution in [2.45, 2.75) is 38.6 Å². The Hall–Kier alpha value is -1.56. The fourth-order valence-electron chi connectivity index (χ4n) is 2.84. The molecule has 0 aromatic carbocycles. The van der Waals surface area contributed by atoms with Crippen molar-refractivity contribution < 1.29 is 13.9 Å². The van der Waals surface area contributed by atoms with Crippen molar-refractivity contribution in [1.82, 2.24) is 4.98 Å². The minimum Gasteiger partial charge on any atom is -0.461 e. The van der Waals surface area contributed by atoms with Gasteiger partial charge < -0.3 is 19.8 Å². The lowest BCUT2D eigenvalue weighted by atomic mass is 9.84. The van der Waals surface area contributed by atoms with Crippen LogP contribution in [-0.4, -0.2) is 37.2 Å². The fraction of sp³-hybridized carbons (Fsp3) is 0.714. The number of aromatic nitrogens is 1. The van der Waals surface area contributed by atoms with Crippen molar-refractivity contribution in [2.24, 2.45) is 11.7 Å². The highest BCUT2D eigenvalue weighted by Crippen LogP contribution is 2.29. The number of rotatable bonds is 5. The number of esters is 1. The van der Waals surface area contributed by atoms with Gasteiger partial charge in [-0.15, -0.1) is 0 Å². The van der Waals surface area contributed by atoms with Crippen LogP contribution >= 0.6 is 0 Å². The van der Waals surface area contributed by atoms with Gasteiger partial charge in [-0.2, -0.15) is 4.98 Å². The number of anilines is 1. The molecule has 20 heavy (non-hydrogen) atoms. The van der Waals surface area contributed by atoms with Crippen LogP contribution in [0.4, 0.5) is 6.01 Å². The summed E-state index contributed by atoms with van der Waals surface area (Å²) < 4.78 is 10.3. The second-order valence-corrected chi connectivity index (χ2v) is 5.19. The molecule has 6 nitrogen and oxygen atoms in total. The maximum atomic E-state index is 11.6. The van der Waals surface area contributed by atoms with E-state index in [0.29, 0.717) is 31.1 Å². The molecule has 1 aromatic heterocycles. The average molecular weight is 281 g/mol. The highest BCUT2D eigenvalue weighted by Gasteiger charge is 2.30. The first-order chi connectivity index (χ1) is 9.67. The first kappa shape index (κ1) is 14.8. The Bertz CT molecular complexity index is 447. The minimum absolute atomic E-state index is 0.216. The van der Waals surface area contributed by atoms with Crippen LogP contribution in [0.25, 0.3) is 0 Å². The molecule has 0 saturated heterocycles. The van der Waals surface area contributed by atoms with E-state index in [4.69, 9.17) is 14.9 Å². The number of carbonyl (C=O) groups excluding carboxylic acids is 1. The molecule has 2 unspecified atom stereocenters. The Morgan fingerprint density at radius 3 is 3.00 bits per heavy atom. The van der Waals surface area contributed by atoms with Crippen LogP contribution < -0.4 is 10.6 Å². The Morgan fingerprint density at radius 1 is 1.55 bits per heavy atom. The largest absolute Gasteiger partial charge is 0.461 e. The van der Waals surface area contributed by atoms with Gasteiger partial charge in [0, 0.05) is 13.1 Å². The molecule has 0 amide bonds. The summed E-state index contributed by atoms with van der Waals surface area (Å²) in [6, 6.07) is 0.779. The lowest BCUT2D eigenvalue weighted by Crippen LogP contribution is -2.43. The van der Waals surface area contributed by atoms with E-state index in [0.717, 1.165) is 12.8 Å². The molecule has 1 saturated carbocycles. The predicted molar refractivity (Wildman–Crippen MR) is 75.7 cm³/mol. The third-order valence-electron chi connectivity index (χ3n) is 3.95. The number of carbonyl (C=O) groups is 1. The van der Waals surface area contributed by atoms with Crippen molar-refractivity contribution in [2.75, 3.05) is 25.1 Å². The summed E-state index contributed by atoms with van der Waals surface area (Å²) in [6.07, 6.45) is 5.99. The topological polar surface area (TPSA) is 81.6 Å². The molecule has 1 aliphatic rings. The third kappa shape index (κ3) is 3.12. The van der Waals surface area contributed by atoms with Gasteiger partial charge in [0.2, 0.25) is 0 Å². The normalized spacial score (nSPS) is 22.6. The van der Waals surface area contributed by atoms with Crippen molar-refractivity contribution >= 4 is 12.0 Å². The number of hydrogen-bond acceptors (Lipinski definition) is 6. The van der Waals surface area contributed by atoms with E-state index in [2.05, 4.69) is 4.98 Å². The van der Waals surface area contributed by atoms with Gasteiger partial charge in [-0.25, -0.2) is 4.79 Å². The summed E-state index contributed by atoms with van der Waals surface area (Å²) in [5.41, 5.74) is 6.07. The van der Waals surface area contributed by atoms with Crippen molar-refractivity contribution in [1.29, 1.82) is 0 Å². The zero-order valence-corrected chi connectivity index (χ0v) is 12.2. The standard InChI is InChI=1S/C14H23N3O3/c1-3-19-13(18)11-9-20-14(16-11)17(2)12-7-5-4-6-10(12)8-15/h9-10,12H,3-8,15H2,1-2H3. The molecule has 1 fully saturated rings. The summed E-state index contributed by atoms with van der Waals surface area (Å²) in [6.45, 7) is 2.76. The minimum atomic E-state index is -0.449. The first-order valence-corrected chi connectivity index (χ1v) is 7.23. The number of nitrogens with zero attached hydrogens (tertiary/aromatic N) is 2. The molecule has 1 aromatic rings. The van der Waals surface area contributed by atoms with Crippen LogP contribution in [-0.2, 0) is 4.74 Å². The van der Waals surface area contributed by atoms with Gasteiger partial charge >= 0.3 is 5.97 Å². The molecule has 1 aliphatic carbocycles. The van der Waals surface area contributed by atoms with Gasteiger partial charge in [-0.3, -0.25) is 0 Å². The van der Waals surface area contributed by atoms with E-state index in [-0.39, 0.29) is 5.69 Å². The molecule has 0 bridgehead atoms. The maximum Gasteiger partial charge on any atom is 0.360 e. The highest BCUT2D eigenvalue weighted by molar-refractivity contribution is 5.87. The van der Waals surface area contributed by atoms with Crippen molar-refractivity contribution in [3.8, 4) is 0 Å². The van der Waals surface area contributed by atoms with Crippen LogP contribution in [0.5, 0.6) is 0 Å². The fourth-order valence-corrected chi connectivity index (χ4v) is 2.84. The maximum absolute atomic E-state index is 11.6. The van der Waals surface area contributed by atoms with Gasteiger partial charge in [0.05, 0.1) is 6.61 Å². The summed E-state index contributed by atoms with van der Waals surface area (Å²) >= 11 is 0. The van der Waals surface area contributed by atoms with E-state index >= 15 is 0 Å². The van der Waals surface area contributed by atoms with Gasteiger partial charge in [0.25, 0.3) is 6.01 Å². The SMILES string of the molecule is CCOC(=O)c1coc(N(C)C2CCCCC2CN)n1. The van der Waals surface area contributed by atoms with Gasteiger partial charge in [0.1, 0.15) is 6.26 Å². The third-order valence-corrected chi connectivity index (χ3v) is 3.95. The zero-order valence-electron chi connectivity index (χ0n) is 12.2. The monoisotopic (exact) mass is 281 g/mol. The second-order valence-electron chi connectivity index (χ2n) is 5.19. The smallest absolute Gasteiger partial charge is 0.360 e. The van der Waals surface area contributed by atoms with Crippen LogP contribution in [0.1, 0.15) is 43.1 Å². The average Bonchev–Trinajstić information content (AvgIpc) is 2.96. The lowest BCUT2D eigenvalue weighted by Gasteiger charge is -2.36. The van der Waals surface area contributed by atoms with E-state index in [1.54, 1.807) is 6.92 Å². The van der Waals surface area contributed by atoms with Crippen LogP contribution in [0.3, 0.4) is 0 Å². The summed E-state index contributed by atoms with van der Waals surface area (Å²) in [4.78, 5) is 17.8. The number of nitrogens with two attached hydrogens (primary N) is 1. The Morgan fingerprint density at radius 2 is 2.30 bits per heavy atom. The van der Waals surface area contributed by atoms with E-state index in [1.165, 1.54) is 19.1 Å². The Kier molecular flexibility index (Phi) is 5.00. The quantitative estimate of drug-likeness (QED) is 0.829. The van der Waals surface area contributed by atoms with Gasteiger partial charge in [0.15, 0.2) is 5.69 Å². The van der Waals surface area contributed by atoms with Crippen molar-refractivity contribution in [3.05, 3.63) is 12.0 Å². The Balaban J connectivity index is 2.08. The Labute approximate surface area is 119 Å². The molecular weight excluding hydrogens is 258 g/mol. The van der Waals surface area contributed by atoms with E-state index in [1.807, 2.05) is 11.9 Å². The highest BCUT2D eigenvalue weighted by atomic mass is 16.5. The molecule has 0 spiro atoms. The zero-order chi connectivity index (χ0) is 14.5. The molecular formula is C14H23N3O3. The van der Waals surface area contributed by atoms with E-state index < -0.39 is 5.97 Å². The van der Waals surface area contributed by atoms with Crippen LogP contribution in [0, 0.1) is 5.92 Å². The molecule has 2 atom stereocenters. The van der Waals surface area contributed by atoms with Crippen molar-refractivity contribution in [3.63, 3.8) is 0 Å². The van der Waals surface area contributed by atoms with Crippen LogP contribution in [0.2, 0.25) is 0 Å². The predicted octanol–water partition coefficient (Wildman–Crippen LogP) is 1.80. The molecule has 2 rings (SSSR count). The summed E-state index contributed by atoms with van der Waals surface area (Å²) in [5.74, 6) is 0.00149. The number of oxazole rings is 1. The van der Waals surface area contributed by atoms with Crippen LogP contribution in [0.15, 0.2) is 10.7 Å². The number of ether oxygens (including phenoxy) is 1. The van der Waals surface area contributed by atoms with Gasteiger partial charge in [-0.1, -0.05) is 12.8 Å². The van der Waals surface area contributed by atoms with E-state index in [9.17, 15) is 4.79 Å². The summed E-state index contributed by atoms with van der Waals surface area (Å²) in [5, 5.41) is 0. The second kappa shape index (κ2) is 6.74. The lowest BCUT2D eigenvalue weighted by molar-refractivity contribution is 0.0519. The molecule has 2 N–H and O–H groups in total. The molecule has 0 aliphatic heterocycles. The summed E-state index contributed by atoms with van der Waals surface area (Å²) in [7, 11) is 1.94. The van der Waals surface area contributed by atoms with Gasteiger partial charge in [-0.05, 0) is 32.2 Å². The molecule has 1 heterocycles. The molecule has 0 radical (unpaired) electrons. The number of hydrogen-bond donors (Lipinski definition) is 1. The molecule has 6 heteroatoms. The first-order valence-electron chi connectivity index (χ1n) is 7.23.